The lowest BCUT2D eigenvalue weighted by Crippen LogP contribution is -2.15. The summed E-state index contributed by atoms with van der Waals surface area (Å²) in [6.45, 7) is 5.65. The summed E-state index contributed by atoms with van der Waals surface area (Å²) >= 11 is 0. The number of rotatable bonds is 4. The molecule has 0 spiro atoms. The number of aromatic nitrogens is 1. The highest BCUT2D eigenvalue weighted by atomic mass is 19.4. The first-order chi connectivity index (χ1) is 13.8. The molecule has 0 saturated carbocycles. The van der Waals surface area contributed by atoms with Gasteiger partial charge in [0.25, 0.3) is 0 Å². The zero-order valence-electron chi connectivity index (χ0n) is 16.4. The van der Waals surface area contributed by atoms with Crippen LogP contribution in [-0.2, 0) is 12.7 Å². The highest BCUT2D eigenvalue weighted by Gasteiger charge is 2.34. The number of nitrogens with zero attached hydrogens (tertiary/aromatic N) is 1. The van der Waals surface area contributed by atoms with Crippen LogP contribution in [0.1, 0.15) is 36.7 Å². The Labute approximate surface area is 169 Å². The Morgan fingerprint density at radius 1 is 1.00 bits per heavy atom. The van der Waals surface area contributed by atoms with E-state index in [9.17, 15) is 26.7 Å². The molecule has 0 aliphatic carbocycles. The van der Waals surface area contributed by atoms with Crippen molar-refractivity contribution in [1.82, 2.24) is 4.57 Å². The third-order valence-electron chi connectivity index (χ3n) is 4.61. The number of hydrogen-bond acceptors (Lipinski definition) is 1. The molecule has 0 saturated heterocycles. The van der Waals surface area contributed by atoms with Crippen LogP contribution >= 0.6 is 0 Å². The maximum Gasteiger partial charge on any atom is 0.417 e. The fraction of sp³-hybridized carbons (Fsp3) is 0.318. The van der Waals surface area contributed by atoms with Crippen molar-refractivity contribution in [2.45, 2.75) is 39.9 Å². The highest BCUT2D eigenvalue weighted by molar-refractivity contribution is 6.10. The highest BCUT2D eigenvalue weighted by Crippen LogP contribution is 2.40. The first-order valence-electron chi connectivity index (χ1n) is 9.11. The summed E-state index contributed by atoms with van der Waals surface area (Å²) in [6.07, 6.45) is -6.85. The summed E-state index contributed by atoms with van der Waals surface area (Å²) < 4.78 is 83.2. The lowest BCUT2D eigenvalue weighted by Gasteiger charge is -2.20. The summed E-state index contributed by atoms with van der Waals surface area (Å²) in [7, 11) is 0. The summed E-state index contributed by atoms with van der Waals surface area (Å²) in [4.78, 5) is 12.0. The van der Waals surface area contributed by atoms with E-state index >= 15 is 4.39 Å². The van der Waals surface area contributed by atoms with Gasteiger partial charge in [-0.3, -0.25) is 4.79 Å². The van der Waals surface area contributed by atoms with E-state index in [1.54, 1.807) is 0 Å². The molecule has 3 aromatic rings. The van der Waals surface area contributed by atoms with Gasteiger partial charge in [0.15, 0.2) is 5.82 Å². The van der Waals surface area contributed by atoms with Crippen LogP contribution in [0.4, 0.5) is 26.3 Å². The first-order valence-corrected chi connectivity index (χ1v) is 9.11. The van der Waals surface area contributed by atoms with Crippen molar-refractivity contribution in [1.29, 1.82) is 0 Å². The molecule has 0 aliphatic heterocycles. The van der Waals surface area contributed by atoms with E-state index in [4.69, 9.17) is 0 Å². The number of hydrogen-bond donors (Lipinski definition) is 0. The van der Waals surface area contributed by atoms with Gasteiger partial charge in [-0.1, -0.05) is 51.1 Å². The van der Waals surface area contributed by atoms with E-state index in [0.717, 1.165) is 24.4 Å². The minimum Gasteiger partial charge on any atom is -0.344 e. The summed E-state index contributed by atoms with van der Waals surface area (Å²) in [5.41, 5.74) is -2.65. The fourth-order valence-electron chi connectivity index (χ4n) is 3.48. The van der Waals surface area contributed by atoms with Gasteiger partial charge in [0.2, 0.25) is 5.78 Å². The molecule has 0 unspecified atom stereocenters. The first kappa shape index (κ1) is 21.9. The molecule has 0 atom stereocenters. The SMILES string of the molecule is CC(C)(C)Cn1cc(C(=O)C(F)F)c2ccc(-c3ccccc3C(F)(F)F)c(F)c21. The van der Waals surface area contributed by atoms with E-state index in [-0.39, 0.29) is 34.1 Å². The quantitative estimate of drug-likeness (QED) is 0.326. The van der Waals surface area contributed by atoms with E-state index < -0.39 is 35.2 Å². The van der Waals surface area contributed by atoms with Crippen LogP contribution in [0.15, 0.2) is 42.6 Å². The second-order valence-electron chi connectivity index (χ2n) is 8.26. The van der Waals surface area contributed by atoms with E-state index in [2.05, 4.69) is 0 Å². The number of benzene rings is 2. The molecule has 1 aromatic heterocycles. The smallest absolute Gasteiger partial charge is 0.344 e. The lowest BCUT2D eigenvalue weighted by atomic mass is 9.96. The fourth-order valence-corrected chi connectivity index (χ4v) is 3.48. The molecule has 1 heterocycles. The minimum absolute atomic E-state index is 0.0599. The average molecular weight is 427 g/mol. The third kappa shape index (κ3) is 4.08. The monoisotopic (exact) mass is 427 g/mol. The Kier molecular flexibility index (Phi) is 5.47. The van der Waals surface area contributed by atoms with Crippen molar-refractivity contribution >= 4 is 16.7 Å². The third-order valence-corrected chi connectivity index (χ3v) is 4.61. The Hall–Kier alpha value is -2.77. The molecular weight excluding hydrogens is 408 g/mol. The second-order valence-corrected chi connectivity index (χ2v) is 8.26. The van der Waals surface area contributed by atoms with Crippen LogP contribution in [0.3, 0.4) is 0 Å². The van der Waals surface area contributed by atoms with Crippen molar-refractivity contribution in [3.63, 3.8) is 0 Å². The normalized spacial score (nSPS) is 12.7. The lowest BCUT2D eigenvalue weighted by molar-refractivity contribution is -0.137. The molecule has 0 fully saturated rings. The van der Waals surface area contributed by atoms with E-state index in [1.165, 1.54) is 22.8 Å². The molecule has 0 radical (unpaired) electrons. The van der Waals surface area contributed by atoms with Crippen LogP contribution < -0.4 is 0 Å². The van der Waals surface area contributed by atoms with Crippen LogP contribution in [0.25, 0.3) is 22.0 Å². The predicted octanol–water partition coefficient (Wildman–Crippen LogP) is 6.96. The number of fused-ring (bicyclic) bond motifs is 1. The van der Waals surface area contributed by atoms with Gasteiger partial charge < -0.3 is 4.57 Å². The summed E-state index contributed by atoms with van der Waals surface area (Å²) in [5.74, 6) is -2.46. The molecule has 0 aliphatic rings. The molecule has 160 valence electrons. The molecule has 30 heavy (non-hydrogen) atoms. The second kappa shape index (κ2) is 7.49. The van der Waals surface area contributed by atoms with Gasteiger partial charge in [-0.15, -0.1) is 0 Å². The molecule has 8 heteroatoms. The molecule has 2 aromatic carbocycles. The van der Waals surface area contributed by atoms with Gasteiger partial charge in [0, 0.05) is 29.3 Å². The van der Waals surface area contributed by atoms with Crippen LogP contribution in [0, 0.1) is 11.2 Å². The number of halogens is 6. The Morgan fingerprint density at radius 2 is 1.63 bits per heavy atom. The van der Waals surface area contributed by atoms with Gasteiger partial charge >= 0.3 is 12.6 Å². The largest absolute Gasteiger partial charge is 0.417 e. The van der Waals surface area contributed by atoms with Crippen LogP contribution in [0.5, 0.6) is 0 Å². The number of ketones is 1. The van der Waals surface area contributed by atoms with Gasteiger partial charge in [0.05, 0.1) is 11.1 Å². The average Bonchev–Trinajstić information content (AvgIpc) is 2.98. The van der Waals surface area contributed by atoms with Gasteiger partial charge in [-0.25, -0.2) is 13.2 Å². The number of carbonyl (C=O) groups excluding carboxylic acids is 1. The standard InChI is InChI=1S/C22H19F6NO/c1-21(2,3)11-29-10-15(19(30)20(24)25)14-9-8-13(17(23)18(14)29)12-6-4-5-7-16(12)22(26,27)28/h4-10,20H,11H2,1-3H3. The van der Waals surface area contributed by atoms with Crippen molar-refractivity contribution in [3.8, 4) is 11.1 Å². The zero-order valence-corrected chi connectivity index (χ0v) is 16.4. The maximum atomic E-state index is 15.5. The molecular formula is C22H19F6NO. The summed E-state index contributed by atoms with van der Waals surface area (Å²) in [5, 5.41) is -0.0599. The predicted molar refractivity (Wildman–Crippen MR) is 102 cm³/mol. The number of Topliss-reactive ketones (excluding diaryl/α,β-unsaturated/α-hetero) is 1. The number of carbonyl (C=O) groups is 1. The molecule has 0 bridgehead atoms. The van der Waals surface area contributed by atoms with Crippen molar-refractivity contribution in [2.24, 2.45) is 5.41 Å². The molecule has 0 N–H and O–H groups in total. The van der Waals surface area contributed by atoms with Gasteiger partial charge in [0.1, 0.15) is 0 Å². The molecule has 0 amide bonds. The van der Waals surface area contributed by atoms with Gasteiger partial charge in [-0.05, 0) is 17.0 Å². The van der Waals surface area contributed by atoms with Crippen molar-refractivity contribution in [3.05, 3.63) is 59.5 Å². The van der Waals surface area contributed by atoms with E-state index in [0.29, 0.717) is 0 Å². The topological polar surface area (TPSA) is 22.0 Å². The minimum atomic E-state index is -4.71. The molecule has 3 rings (SSSR count). The van der Waals surface area contributed by atoms with E-state index in [1.807, 2.05) is 20.8 Å². The van der Waals surface area contributed by atoms with Crippen LogP contribution in [0.2, 0.25) is 0 Å². The zero-order chi connectivity index (χ0) is 22.4. The maximum absolute atomic E-state index is 15.5. The molecule has 2 nitrogen and oxygen atoms in total. The summed E-state index contributed by atoms with van der Waals surface area (Å²) in [6, 6.07) is 6.86. The van der Waals surface area contributed by atoms with Gasteiger partial charge in [-0.2, -0.15) is 13.2 Å². The van der Waals surface area contributed by atoms with Crippen LogP contribution in [-0.4, -0.2) is 16.8 Å². The Bertz CT molecular complexity index is 1110. The van der Waals surface area contributed by atoms with Crippen molar-refractivity contribution in [2.75, 3.05) is 0 Å². The Morgan fingerprint density at radius 3 is 2.20 bits per heavy atom. The van der Waals surface area contributed by atoms with Crippen molar-refractivity contribution < 1.29 is 31.1 Å². The Balaban J connectivity index is 2.33. The number of alkyl halides is 5.